The van der Waals surface area contributed by atoms with Crippen LogP contribution in [0.4, 0.5) is 5.69 Å². The average molecular weight is 417 g/mol. The van der Waals surface area contributed by atoms with E-state index in [0.717, 1.165) is 28.4 Å². The summed E-state index contributed by atoms with van der Waals surface area (Å²) < 4.78 is 13.2. The molecule has 1 aromatic heterocycles. The Hall–Kier alpha value is -3.50. The zero-order chi connectivity index (χ0) is 20.9. The third kappa shape index (κ3) is 4.56. The molecule has 0 saturated heterocycles. The number of methoxy groups -OCH3 is 1. The van der Waals surface area contributed by atoms with E-state index in [9.17, 15) is 0 Å². The van der Waals surface area contributed by atoms with Crippen LogP contribution in [0.3, 0.4) is 0 Å². The SMILES string of the molecule is COc1ccc(-n2cc(C=Nc3ccc(Oc4ccccc4Cl)cc3)cc2C)cc1. The fourth-order valence-electron chi connectivity index (χ4n) is 3.09. The Morgan fingerprint density at radius 1 is 0.900 bits per heavy atom. The Morgan fingerprint density at radius 3 is 2.30 bits per heavy atom. The second-order valence-electron chi connectivity index (χ2n) is 6.77. The molecule has 1 heterocycles. The number of benzene rings is 3. The molecule has 0 radical (unpaired) electrons. The molecular weight excluding hydrogens is 396 g/mol. The van der Waals surface area contributed by atoms with E-state index in [2.05, 4.69) is 28.7 Å². The van der Waals surface area contributed by atoms with Gasteiger partial charge in [-0.15, -0.1) is 0 Å². The molecule has 150 valence electrons. The quantitative estimate of drug-likeness (QED) is 0.317. The van der Waals surface area contributed by atoms with E-state index in [-0.39, 0.29) is 0 Å². The van der Waals surface area contributed by atoms with Crippen LogP contribution in [0.15, 0.2) is 90.1 Å². The van der Waals surface area contributed by atoms with Crippen molar-refractivity contribution < 1.29 is 9.47 Å². The Bertz CT molecular complexity index is 1160. The van der Waals surface area contributed by atoms with Gasteiger partial charge in [-0.05, 0) is 73.7 Å². The van der Waals surface area contributed by atoms with Crippen molar-refractivity contribution in [3.8, 4) is 22.9 Å². The summed E-state index contributed by atoms with van der Waals surface area (Å²) >= 11 is 6.14. The predicted molar refractivity (Wildman–Crippen MR) is 122 cm³/mol. The maximum absolute atomic E-state index is 6.14. The molecule has 30 heavy (non-hydrogen) atoms. The van der Waals surface area contributed by atoms with Crippen molar-refractivity contribution in [2.24, 2.45) is 4.99 Å². The molecule has 0 atom stereocenters. The van der Waals surface area contributed by atoms with Gasteiger partial charge in [-0.3, -0.25) is 4.99 Å². The molecule has 0 aliphatic rings. The third-order valence-corrected chi connectivity index (χ3v) is 4.96. The van der Waals surface area contributed by atoms with Gasteiger partial charge < -0.3 is 14.0 Å². The lowest BCUT2D eigenvalue weighted by molar-refractivity contribution is 0.414. The summed E-state index contributed by atoms with van der Waals surface area (Å²) in [5.74, 6) is 2.18. The first-order valence-electron chi connectivity index (χ1n) is 9.52. The summed E-state index contributed by atoms with van der Waals surface area (Å²) in [6, 6.07) is 25.1. The number of nitrogens with zero attached hydrogens (tertiary/aromatic N) is 2. The van der Waals surface area contributed by atoms with Gasteiger partial charge >= 0.3 is 0 Å². The van der Waals surface area contributed by atoms with E-state index < -0.39 is 0 Å². The molecule has 5 heteroatoms. The van der Waals surface area contributed by atoms with E-state index >= 15 is 0 Å². The van der Waals surface area contributed by atoms with Crippen molar-refractivity contribution >= 4 is 23.5 Å². The van der Waals surface area contributed by atoms with Crippen molar-refractivity contribution in [2.45, 2.75) is 6.92 Å². The smallest absolute Gasteiger partial charge is 0.146 e. The first-order valence-corrected chi connectivity index (χ1v) is 9.90. The first kappa shape index (κ1) is 19.8. The van der Waals surface area contributed by atoms with Crippen LogP contribution in [0.1, 0.15) is 11.3 Å². The van der Waals surface area contributed by atoms with Gasteiger partial charge in [-0.25, -0.2) is 0 Å². The number of hydrogen-bond donors (Lipinski definition) is 0. The van der Waals surface area contributed by atoms with E-state index in [1.165, 1.54) is 0 Å². The van der Waals surface area contributed by atoms with Gasteiger partial charge in [0.25, 0.3) is 0 Å². The zero-order valence-electron chi connectivity index (χ0n) is 16.7. The van der Waals surface area contributed by atoms with E-state index in [0.29, 0.717) is 16.5 Å². The van der Waals surface area contributed by atoms with Crippen LogP contribution in [0.2, 0.25) is 5.02 Å². The number of hydrogen-bond acceptors (Lipinski definition) is 3. The fraction of sp³-hybridized carbons (Fsp3) is 0.0800. The first-order chi connectivity index (χ1) is 14.6. The van der Waals surface area contributed by atoms with Crippen molar-refractivity contribution in [1.82, 2.24) is 4.57 Å². The monoisotopic (exact) mass is 416 g/mol. The van der Waals surface area contributed by atoms with E-state index in [1.807, 2.05) is 72.9 Å². The van der Waals surface area contributed by atoms with Crippen LogP contribution in [-0.4, -0.2) is 17.9 Å². The van der Waals surface area contributed by atoms with Gasteiger partial charge in [-0.2, -0.15) is 0 Å². The number of aryl methyl sites for hydroxylation is 1. The van der Waals surface area contributed by atoms with Gasteiger partial charge in [-0.1, -0.05) is 23.7 Å². The Labute approximate surface area is 181 Å². The number of aromatic nitrogens is 1. The highest BCUT2D eigenvalue weighted by atomic mass is 35.5. The van der Waals surface area contributed by atoms with Gasteiger partial charge in [0.15, 0.2) is 0 Å². The van der Waals surface area contributed by atoms with Gasteiger partial charge in [0.1, 0.15) is 17.2 Å². The number of halogens is 1. The number of aliphatic imine (C=N–C) groups is 1. The highest BCUT2D eigenvalue weighted by Crippen LogP contribution is 2.29. The van der Waals surface area contributed by atoms with Gasteiger partial charge in [0, 0.05) is 29.4 Å². The van der Waals surface area contributed by atoms with Crippen LogP contribution >= 0.6 is 11.6 Å². The molecular formula is C25H21ClN2O2. The van der Waals surface area contributed by atoms with Crippen LogP contribution in [0.5, 0.6) is 17.2 Å². The minimum atomic E-state index is 0.580. The number of ether oxygens (including phenoxy) is 2. The lowest BCUT2D eigenvalue weighted by Crippen LogP contribution is -1.94. The third-order valence-electron chi connectivity index (χ3n) is 4.65. The molecule has 0 spiro atoms. The molecule has 3 aromatic carbocycles. The normalized spacial score (nSPS) is 11.0. The van der Waals surface area contributed by atoms with E-state index in [1.54, 1.807) is 13.2 Å². The van der Waals surface area contributed by atoms with E-state index in [4.69, 9.17) is 21.1 Å². The molecule has 4 rings (SSSR count). The van der Waals surface area contributed by atoms with Gasteiger partial charge in [0.2, 0.25) is 0 Å². The topological polar surface area (TPSA) is 35.8 Å². The van der Waals surface area contributed by atoms with Gasteiger partial charge in [0.05, 0.1) is 17.8 Å². The summed E-state index contributed by atoms with van der Waals surface area (Å²) in [6.45, 7) is 2.07. The summed E-state index contributed by atoms with van der Waals surface area (Å²) in [5.41, 5.74) is 4.08. The molecule has 0 fully saturated rings. The lowest BCUT2D eigenvalue weighted by atomic mass is 10.3. The fourth-order valence-corrected chi connectivity index (χ4v) is 3.27. The summed E-state index contributed by atoms with van der Waals surface area (Å²) in [5, 5.41) is 0.580. The molecule has 0 N–H and O–H groups in total. The highest BCUT2D eigenvalue weighted by Gasteiger charge is 2.04. The molecule has 4 nitrogen and oxygen atoms in total. The van der Waals surface area contributed by atoms with Crippen molar-refractivity contribution in [2.75, 3.05) is 7.11 Å². The molecule has 0 aliphatic carbocycles. The molecule has 4 aromatic rings. The summed E-state index contributed by atoms with van der Waals surface area (Å²) in [6.07, 6.45) is 3.92. The lowest BCUT2D eigenvalue weighted by Gasteiger charge is -2.07. The molecule has 0 bridgehead atoms. The minimum absolute atomic E-state index is 0.580. The van der Waals surface area contributed by atoms with Crippen LogP contribution in [-0.2, 0) is 0 Å². The number of rotatable bonds is 6. The Morgan fingerprint density at radius 2 is 1.60 bits per heavy atom. The Balaban J connectivity index is 1.46. The molecule has 0 unspecified atom stereocenters. The maximum Gasteiger partial charge on any atom is 0.146 e. The largest absolute Gasteiger partial charge is 0.497 e. The highest BCUT2D eigenvalue weighted by molar-refractivity contribution is 6.32. The minimum Gasteiger partial charge on any atom is -0.497 e. The van der Waals surface area contributed by atoms with Crippen LogP contribution < -0.4 is 9.47 Å². The van der Waals surface area contributed by atoms with Crippen molar-refractivity contribution in [1.29, 1.82) is 0 Å². The Kier molecular flexibility index (Phi) is 5.87. The molecule has 0 aliphatic heterocycles. The zero-order valence-corrected chi connectivity index (χ0v) is 17.5. The summed E-state index contributed by atoms with van der Waals surface area (Å²) in [4.78, 5) is 4.58. The predicted octanol–water partition coefficient (Wildman–Crippen LogP) is 6.99. The van der Waals surface area contributed by atoms with Crippen molar-refractivity contribution in [3.05, 3.63) is 101 Å². The summed E-state index contributed by atoms with van der Waals surface area (Å²) in [7, 11) is 1.67. The van der Waals surface area contributed by atoms with Crippen LogP contribution in [0, 0.1) is 6.92 Å². The molecule has 0 amide bonds. The number of para-hydroxylation sites is 1. The molecule has 0 saturated carbocycles. The standard InChI is InChI=1S/C25H21ClN2O2/c1-18-15-19(17-28(18)21-9-13-22(29-2)14-10-21)16-27-20-7-11-23(12-8-20)30-25-6-4-3-5-24(25)26/h3-17H,1-2H3. The second kappa shape index (κ2) is 8.89. The average Bonchev–Trinajstić information content (AvgIpc) is 3.15. The van der Waals surface area contributed by atoms with Crippen molar-refractivity contribution in [3.63, 3.8) is 0 Å². The van der Waals surface area contributed by atoms with Crippen LogP contribution in [0.25, 0.3) is 5.69 Å². The second-order valence-corrected chi connectivity index (χ2v) is 7.17. The maximum atomic E-state index is 6.14.